The van der Waals surface area contributed by atoms with Crippen LogP contribution >= 0.6 is 0 Å². The van der Waals surface area contributed by atoms with Crippen LogP contribution in [0.15, 0.2) is 16.9 Å². The molecule has 0 bridgehead atoms. The van der Waals surface area contributed by atoms with Crippen LogP contribution in [0.1, 0.15) is 39.9 Å². The second-order valence-electron chi connectivity index (χ2n) is 5.21. The summed E-state index contributed by atoms with van der Waals surface area (Å²) in [6.07, 6.45) is 5.88. The average Bonchev–Trinajstić information content (AvgIpc) is 3.09. The van der Waals surface area contributed by atoms with Crippen molar-refractivity contribution in [3.63, 3.8) is 0 Å². The van der Waals surface area contributed by atoms with Crippen molar-refractivity contribution in [2.24, 2.45) is 7.05 Å². The third-order valence-corrected chi connectivity index (χ3v) is 3.66. The predicted octanol–water partition coefficient (Wildman–Crippen LogP) is 2.70. The summed E-state index contributed by atoms with van der Waals surface area (Å²) in [5.41, 5.74) is 3.63. The molecule has 0 radical (unpaired) electrons. The third kappa shape index (κ3) is 2.61. The first-order valence-corrected chi connectivity index (χ1v) is 7.20. The highest BCUT2D eigenvalue weighted by Crippen LogP contribution is 2.23. The van der Waals surface area contributed by atoms with Gasteiger partial charge in [-0.2, -0.15) is 5.10 Å². The lowest BCUT2D eigenvalue weighted by atomic mass is 10.1. The molecule has 3 aromatic heterocycles. The molecule has 0 amide bonds. The van der Waals surface area contributed by atoms with E-state index in [-0.39, 0.29) is 5.56 Å². The van der Waals surface area contributed by atoms with E-state index < -0.39 is 5.97 Å². The first-order chi connectivity index (χ1) is 11.0. The number of fused-ring (bicyclic) bond motifs is 1. The van der Waals surface area contributed by atoms with Gasteiger partial charge in [0.25, 0.3) is 0 Å². The highest BCUT2D eigenvalue weighted by Gasteiger charge is 2.17. The van der Waals surface area contributed by atoms with Gasteiger partial charge in [0.1, 0.15) is 6.26 Å². The molecule has 7 nitrogen and oxygen atoms in total. The van der Waals surface area contributed by atoms with E-state index in [0.717, 1.165) is 17.7 Å². The van der Waals surface area contributed by atoms with Crippen molar-refractivity contribution in [3.8, 4) is 0 Å². The molecule has 3 aromatic rings. The van der Waals surface area contributed by atoms with Gasteiger partial charge >= 0.3 is 5.97 Å². The molecule has 0 saturated heterocycles. The molecule has 0 aliphatic heterocycles. The fourth-order valence-corrected chi connectivity index (χ4v) is 2.57. The number of aryl methyl sites for hydroxylation is 3. The van der Waals surface area contributed by atoms with Crippen LogP contribution in [-0.2, 0) is 13.5 Å². The van der Waals surface area contributed by atoms with Crippen LogP contribution in [0.4, 0.5) is 0 Å². The van der Waals surface area contributed by atoms with E-state index in [9.17, 15) is 9.90 Å². The zero-order chi connectivity index (χ0) is 16.6. The first kappa shape index (κ1) is 15.0. The molecule has 1 N–H and O–H groups in total. The molecular weight excluding hydrogens is 296 g/mol. The zero-order valence-electron chi connectivity index (χ0n) is 13.1. The fraction of sp³-hybridized carbons (Fsp3) is 0.250. The van der Waals surface area contributed by atoms with Crippen LogP contribution < -0.4 is 0 Å². The number of carboxylic acids is 1. The van der Waals surface area contributed by atoms with Crippen molar-refractivity contribution in [3.05, 3.63) is 40.5 Å². The topological polar surface area (TPSA) is 94.0 Å². The van der Waals surface area contributed by atoms with Crippen LogP contribution in [-0.4, -0.2) is 31.0 Å². The Hall–Kier alpha value is -2.96. The van der Waals surface area contributed by atoms with Gasteiger partial charge in [0.05, 0.1) is 28.0 Å². The van der Waals surface area contributed by atoms with Gasteiger partial charge < -0.3 is 9.63 Å². The average molecular weight is 312 g/mol. The molecule has 0 fully saturated rings. The first-order valence-electron chi connectivity index (χ1n) is 7.20. The number of carbonyl (C=O) groups is 1. The summed E-state index contributed by atoms with van der Waals surface area (Å²) in [5, 5.41) is 18.2. The minimum atomic E-state index is -0.998. The SMILES string of the molecule is CCc1nocc1/C=C/c1cc(C(=O)O)c2c(C)nn(C)c2n1. The highest BCUT2D eigenvalue weighted by atomic mass is 16.5. The minimum absolute atomic E-state index is 0.196. The summed E-state index contributed by atoms with van der Waals surface area (Å²) in [6.45, 7) is 3.76. The summed E-state index contributed by atoms with van der Waals surface area (Å²) in [7, 11) is 1.75. The second-order valence-corrected chi connectivity index (χ2v) is 5.21. The van der Waals surface area contributed by atoms with Gasteiger partial charge in [-0.05, 0) is 31.6 Å². The maximum absolute atomic E-state index is 11.5. The molecule has 3 heterocycles. The quantitative estimate of drug-likeness (QED) is 0.796. The lowest BCUT2D eigenvalue weighted by molar-refractivity contribution is 0.0699. The van der Waals surface area contributed by atoms with E-state index in [2.05, 4.69) is 15.2 Å². The van der Waals surface area contributed by atoms with Crippen LogP contribution in [0.3, 0.4) is 0 Å². The molecule has 0 aromatic carbocycles. The van der Waals surface area contributed by atoms with Gasteiger partial charge in [-0.1, -0.05) is 12.1 Å². The van der Waals surface area contributed by atoms with Crippen LogP contribution in [0.5, 0.6) is 0 Å². The monoisotopic (exact) mass is 312 g/mol. The normalized spacial score (nSPS) is 11.6. The smallest absolute Gasteiger partial charge is 0.336 e. The van der Waals surface area contributed by atoms with Crippen molar-refractivity contribution < 1.29 is 14.4 Å². The Balaban J connectivity index is 2.12. The lowest BCUT2D eigenvalue weighted by Gasteiger charge is -2.01. The number of hydrogen-bond donors (Lipinski definition) is 1. The Morgan fingerprint density at radius 3 is 2.91 bits per heavy atom. The van der Waals surface area contributed by atoms with Gasteiger partial charge in [0.15, 0.2) is 5.65 Å². The number of nitrogens with zero attached hydrogens (tertiary/aromatic N) is 4. The van der Waals surface area contributed by atoms with Crippen LogP contribution in [0, 0.1) is 6.92 Å². The van der Waals surface area contributed by atoms with E-state index >= 15 is 0 Å². The third-order valence-electron chi connectivity index (χ3n) is 3.66. The molecule has 0 aliphatic carbocycles. The largest absolute Gasteiger partial charge is 0.478 e. The molecule has 7 heteroatoms. The van der Waals surface area contributed by atoms with Crippen molar-refractivity contribution >= 4 is 29.2 Å². The summed E-state index contributed by atoms with van der Waals surface area (Å²) >= 11 is 0. The van der Waals surface area contributed by atoms with Crippen molar-refractivity contribution in [1.82, 2.24) is 19.9 Å². The second kappa shape index (κ2) is 5.68. The molecule has 0 saturated carbocycles. The van der Waals surface area contributed by atoms with Gasteiger partial charge in [0.2, 0.25) is 0 Å². The van der Waals surface area contributed by atoms with E-state index in [0.29, 0.717) is 22.4 Å². The number of aromatic carboxylic acids is 1. The molecule has 23 heavy (non-hydrogen) atoms. The fourth-order valence-electron chi connectivity index (χ4n) is 2.57. The Morgan fingerprint density at radius 1 is 1.43 bits per heavy atom. The Morgan fingerprint density at radius 2 is 2.22 bits per heavy atom. The number of hydrogen-bond acceptors (Lipinski definition) is 5. The van der Waals surface area contributed by atoms with E-state index in [1.807, 2.05) is 13.0 Å². The van der Waals surface area contributed by atoms with Crippen molar-refractivity contribution in [2.45, 2.75) is 20.3 Å². The van der Waals surface area contributed by atoms with Gasteiger partial charge in [-0.15, -0.1) is 0 Å². The molecule has 0 atom stereocenters. The number of carboxylic acid groups (broad SMARTS) is 1. The molecule has 0 aliphatic rings. The van der Waals surface area contributed by atoms with Gasteiger partial charge in [-0.25, -0.2) is 9.78 Å². The molecule has 0 unspecified atom stereocenters. The van der Waals surface area contributed by atoms with E-state index in [1.54, 1.807) is 37.1 Å². The van der Waals surface area contributed by atoms with E-state index in [1.165, 1.54) is 0 Å². The molecular formula is C16H16N4O3. The summed E-state index contributed by atoms with van der Waals surface area (Å²) in [5.74, 6) is -0.998. The number of aromatic nitrogens is 4. The van der Waals surface area contributed by atoms with Crippen molar-refractivity contribution in [2.75, 3.05) is 0 Å². The summed E-state index contributed by atoms with van der Waals surface area (Å²) in [6, 6.07) is 1.55. The highest BCUT2D eigenvalue weighted by molar-refractivity contribution is 6.03. The van der Waals surface area contributed by atoms with Crippen LogP contribution in [0.2, 0.25) is 0 Å². The zero-order valence-corrected chi connectivity index (χ0v) is 13.1. The molecule has 118 valence electrons. The maximum atomic E-state index is 11.5. The number of pyridine rings is 1. The predicted molar refractivity (Wildman–Crippen MR) is 85.0 cm³/mol. The standard InChI is InChI=1S/C16H16N4O3/c1-4-13-10(8-23-19-13)5-6-11-7-12(16(21)22)14-9(2)18-20(3)15(14)17-11/h5-8H,4H2,1-3H3,(H,21,22)/b6-5+. The number of rotatable bonds is 4. The maximum Gasteiger partial charge on any atom is 0.336 e. The summed E-state index contributed by atoms with van der Waals surface area (Å²) in [4.78, 5) is 16.0. The molecule has 3 rings (SSSR count). The Labute approximate surface area is 132 Å². The van der Waals surface area contributed by atoms with Gasteiger partial charge in [-0.3, -0.25) is 4.68 Å². The lowest BCUT2D eigenvalue weighted by Crippen LogP contribution is -2.01. The molecule has 0 spiro atoms. The van der Waals surface area contributed by atoms with E-state index in [4.69, 9.17) is 4.52 Å². The minimum Gasteiger partial charge on any atom is -0.478 e. The summed E-state index contributed by atoms with van der Waals surface area (Å²) < 4.78 is 6.54. The Kier molecular flexibility index (Phi) is 3.69. The van der Waals surface area contributed by atoms with Crippen LogP contribution in [0.25, 0.3) is 23.2 Å². The van der Waals surface area contributed by atoms with Gasteiger partial charge in [0, 0.05) is 12.6 Å². The van der Waals surface area contributed by atoms with Crippen molar-refractivity contribution in [1.29, 1.82) is 0 Å². The Bertz CT molecular complexity index is 921.